The molecular formula is C11H9ClF3NO3. The van der Waals surface area contributed by atoms with Gasteiger partial charge in [-0.3, -0.25) is 9.59 Å². The van der Waals surface area contributed by atoms with Crippen LogP contribution >= 0.6 is 11.6 Å². The van der Waals surface area contributed by atoms with E-state index in [-0.39, 0.29) is 18.0 Å². The minimum atomic E-state index is -4.77. The number of ether oxygens (including phenoxy) is 1. The number of benzene rings is 1. The van der Waals surface area contributed by atoms with Crippen molar-refractivity contribution in [3.63, 3.8) is 0 Å². The average Bonchev–Trinajstić information content (AvgIpc) is 2.29. The Labute approximate surface area is 111 Å². The maximum atomic E-state index is 11.9. The summed E-state index contributed by atoms with van der Waals surface area (Å²) in [7, 11) is 0. The molecule has 0 saturated carbocycles. The van der Waals surface area contributed by atoms with Gasteiger partial charge in [-0.1, -0.05) is 0 Å². The number of carbonyl (C=O) groups excluding carboxylic acids is 2. The first kappa shape index (κ1) is 15.3. The molecule has 0 heterocycles. The van der Waals surface area contributed by atoms with Gasteiger partial charge in [0.15, 0.2) is 5.78 Å². The predicted molar refractivity (Wildman–Crippen MR) is 62.1 cm³/mol. The molecule has 0 bridgehead atoms. The standard InChI is InChI=1S/C11H9ClF3NO3/c12-6-8(17)5-10(18)16-7-1-3-9(4-2-7)19-11(13,14)15/h1-4H,5-6H2,(H,16,18). The van der Waals surface area contributed by atoms with Crippen molar-refractivity contribution in [2.75, 3.05) is 11.2 Å². The normalized spacial score (nSPS) is 10.9. The second-order valence-electron chi connectivity index (χ2n) is 3.47. The molecule has 1 amide bonds. The van der Waals surface area contributed by atoms with Crippen LogP contribution < -0.4 is 10.1 Å². The maximum absolute atomic E-state index is 11.9. The van der Waals surface area contributed by atoms with Crippen molar-refractivity contribution in [2.24, 2.45) is 0 Å². The predicted octanol–water partition coefficient (Wildman–Crippen LogP) is 2.72. The molecule has 1 rings (SSSR count). The van der Waals surface area contributed by atoms with Crippen molar-refractivity contribution >= 4 is 29.0 Å². The molecule has 8 heteroatoms. The van der Waals surface area contributed by atoms with Crippen LogP contribution in [0.4, 0.5) is 18.9 Å². The van der Waals surface area contributed by atoms with Gasteiger partial charge in [-0.25, -0.2) is 0 Å². The first-order valence-corrected chi connectivity index (χ1v) is 5.57. The van der Waals surface area contributed by atoms with Crippen molar-refractivity contribution in [1.29, 1.82) is 0 Å². The Morgan fingerprint density at radius 3 is 2.26 bits per heavy atom. The van der Waals surface area contributed by atoms with E-state index in [4.69, 9.17) is 11.6 Å². The summed E-state index contributed by atoms with van der Waals surface area (Å²) in [5.74, 6) is -1.71. The highest BCUT2D eigenvalue weighted by Gasteiger charge is 2.30. The molecule has 0 aliphatic carbocycles. The van der Waals surface area contributed by atoms with Crippen LogP contribution in [0.1, 0.15) is 6.42 Å². The van der Waals surface area contributed by atoms with Crippen LogP contribution in [0, 0.1) is 0 Å². The minimum Gasteiger partial charge on any atom is -0.406 e. The molecule has 1 N–H and O–H groups in total. The summed E-state index contributed by atoms with van der Waals surface area (Å²) in [5.41, 5.74) is 0.252. The van der Waals surface area contributed by atoms with Crippen molar-refractivity contribution in [2.45, 2.75) is 12.8 Å². The number of hydrogen-bond donors (Lipinski definition) is 1. The molecule has 0 unspecified atom stereocenters. The number of hydrogen-bond acceptors (Lipinski definition) is 3. The molecule has 4 nitrogen and oxygen atoms in total. The summed E-state index contributed by atoms with van der Waals surface area (Å²) in [6.07, 6.45) is -5.15. The monoisotopic (exact) mass is 295 g/mol. The lowest BCUT2D eigenvalue weighted by Crippen LogP contribution is -2.18. The zero-order valence-electron chi connectivity index (χ0n) is 9.46. The van der Waals surface area contributed by atoms with E-state index >= 15 is 0 Å². The van der Waals surface area contributed by atoms with Gasteiger partial charge >= 0.3 is 6.36 Å². The van der Waals surface area contributed by atoms with Gasteiger partial charge in [0.1, 0.15) is 5.75 Å². The fourth-order valence-electron chi connectivity index (χ4n) is 1.17. The van der Waals surface area contributed by atoms with Gasteiger partial charge < -0.3 is 10.1 Å². The Balaban J connectivity index is 2.57. The Hall–Kier alpha value is -1.76. The summed E-state index contributed by atoms with van der Waals surface area (Å²) in [6, 6.07) is 4.55. The van der Waals surface area contributed by atoms with Crippen molar-refractivity contribution in [1.82, 2.24) is 0 Å². The van der Waals surface area contributed by atoms with E-state index in [1.54, 1.807) is 0 Å². The van der Waals surface area contributed by atoms with Crippen LogP contribution in [0.2, 0.25) is 0 Å². The molecule has 0 aliphatic heterocycles. The number of rotatable bonds is 5. The molecule has 0 fully saturated rings. The third-order valence-corrected chi connectivity index (χ3v) is 2.18. The van der Waals surface area contributed by atoms with Crippen LogP contribution in [0.3, 0.4) is 0 Å². The summed E-state index contributed by atoms with van der Waals surface area (Å²) >= 11 is 5.23. The first-order valence-electron chi connectivity index (χ1n) is 5.03. The maximum Gasteiger partial charge on any atom is 0.573 e. The van der Waals surface area contributed by atoms with Crippen LogP contribution in [0.5, 0.6) is 5.75 Å². The molecule has 0 atom stereocenters. The largest absolute Gasteiger partial charge is 0.573 e. The molecule has 0 spiro atoms. The third-order valence-electron chi connectivity index (χ3n) is 1.88. The molecule has 0 radical (unpaired) electrons. The van der Waals surface area contributed by atoms with Gasteiger partial charge in [0, 0.05) is 5.69 Å². The van der Waals surface area contributed by atoms with Gasteiger partial charge in [0.2, 0.25) is 5.91 Å². The molecule has 0 aromatic heterocycles. The van der Waals surface area contributed by atoms with Crippen LogP contribution in [-0.2, 0) is 9.59 Å². The zero-order valence-corrected chi connectivity index (χ0v) is 10.2. The SMILES string of the molecule is O=C(CCl)CC(=O)Nc1ccc(OC(F)(F)F)cc1. The summed E-state index contributed by atoms with van der Waals surface area (Å²) in [5, 5.41) is 2.34. The number of ketones is 1. The summed E-state index contributed by atoms with van der Waals surface area (Å²) in [6.45, 7) is 0. The quantitative estimate of drug-likeness (QED) is 0.671. The number of nitrogens with one attached hydrogen (secondary N) is 1. The Morgan fingerprint density at radius 2 is 1.79 bits per heavy atom. The second kappa shape index (κ2) is 6.42. The zero-order chi connectivity index (χ0) is 14.5. The number of halogens is 4. The first-order chi connectivity index (χ1) is 8.80. The van der Waals surface area contributed by atoms with Crippen LogP contribution in [0.15, 0.2) is 24.3 Å². The van der Waals surface area contributed by atoms with E-state index in [0.29, 0.717) is 0 Å². The van der Waals surface area contributed by atoms with Gasteiger partial charge in [-0.2, -0.15) is 0 Å². The fraction of sp³-hybridized carbons (Fsp3) is 0.273. The van der Waals surface area contributed by atoms with Crippen molar-refractivity contribution in [3.8, 4) is 5.75 Å². The average molecular weight is 296 g/mol. The van der Waals surface area contributed by atoms with Crippen LogP contribution in [0.25, 0.3) is 0 Å². The van der Waals surface area contributed by atoms with E-state index in [0.717, 1.165) is 12.1 Å². The Bertz CT molecular complexity index is 459. The smallest absolute Gasteiger partial charge is 0.406 e. The molecule has 104 valence electrons. The summed E-state index contributed by atoms with van der Waals surface area (Å²) in [4.78, 5) is 22.2. The van der Waals surface area contributed by atoms with E-state index in [1.807, 2.05) is 0 Å². The summed E-state index contributed by atoms with van der Waals surface area (Å²) < 4.78 is 39.3. The van der Waals surface area contributed by atoms with Gasteiger partial charge in [0.25, 0.3) is 0 Å². The lowest BCUT2D eigenvalue weighted by atomic mass is 10.2. The van der Waals surface area contributed by atoms with E-state index in [2.05, 4.69) is 10.1 Å². The molecule has 0 aliphatic rings. The Kier molecular flexibility index (Phi) is 5.17. The highest BCUT2D eigenvalue weighted by Crippen LogP contribution is 2.23. The molecule has 1 aromatic carbocycles. The third kappa shape index (κ3) is 6.10. The van der Waals surface area contributed by atoms with Crippen molar-refractivity contribution < 1.29 is 27.5 Å². The van der Waals surface area contributed by atoms with Gasteiger partial charge in [0.05, 0.1) is 12.3 Å². The van der Waals surface area contributed by atoms with E-state index in [1.165, 1.54) is 12.1 Å². The number of amides is 1. The number of anilines is 1. The number of carbonyl (C=O) groups is 2. The van der Waals surface area contributed by atoms with E-state index < -0.39 is 23.8 Å². The lowest BCUT2D eigenvalue weighted by Gasteiger charge is -2.09. The van der Waals surface area contributed by atoms with Crippen molar-refractivity contribution in [3.05, 3.63) is 24.3 Å². The fourth-order valence-corrected chi connectivity index (χ4v) is 1.27. The van der Waals surface area contributed by atoms with E-state index in [9.17, 15) is 22.8 Å². The topological polar surface area (TPSA) is 55.4 Å². The van der Waals surface area contributed by atoms with Gasteiger partial charge in [-0.05, 0) is 24.3 Å². The number of alkyl halides is 4. The molecule has 19 heavy (non-hydrogen) atoms. The van der Waals surface area contributed by atoms with Gasteiger partial charge in [-0.15, -0.1) is 24.8 Å². The molecule has 0 saturated heterocycles. The second-order valence-corrected chi connectivity index (χ2v) is 3.74. The number of Topliss-reactive ketones (excluding diaryl/α,β-unsaturated/α-hetero) is 1. The van der Waals surface area contributed by atoms with Crippen LogP contribution in [-0.4, -0.2) is 23.9 Å². The molecular weight excluding hydrogens is 287 g/mol. The molecule has 1 aromatic rings. The highest BCUT2D eigenvalue weighted by atomic mass is 35.5. The minimum absolute atomic E-state index is 0.252. The Morgan fingerprint density at radius 1 is 1.21 bits per heavy atom. The lowest BCUT2D eigenvalue weighted by molar-refractivity contribution is -0.274. The highest BCUT2D eigenvalue weighted by molar-refractivity contribution is 6.29.